The molecule has 0 spiro atoms. The molecular formula is C18H19N3O2. The van der Waals surface area contributed by atoms with Gasteiger partial charge in [-0.1, -0.05) is 29.4 Å². The Morgan fingerprint density at radius 2 is 2.00 bits per heavy atom. The molecule has 1 aliphatic rings. The predicted octanol–water partition coefficient (Wildman–Crippen LogP) is 3.24. The maximum absolute atomic E-state index is 5.84. The summed E-state index contributed by atoms with van der Waals surface area (Å²) in [7, 11) is 0. The largest absolute Gasteiger partial charge is 0.381 e. The van der Waals surface area contributed by atoms with E-state index in [0.717, 1.165) is 48.4 Å². The molecule has 4 rings (SSSR count). The normalized spacial score (nSPS) is 16.0. The maximum atomic E-state index is 5.84. The molecule has 2 heterocycles. The van der Waals surface area contributed by atoms with Gasteiger partial charge in [-0.25, -0.2) is 0 Å². The number of rotatable bonds is 3. The van der Waals surface area contributed by atoms with Crippen LogP contribution in [-0.2, 0) is 11.3 Å². The summed E-state index contributed by atoms with van der Waals surface area (Å²) in [5.74, 6) is 1.69. The Kier molecular flexibility index (Phi) is 3.81. The number of hydrogen-bond acceptors (Lipinski definition) is 5. The van der Waals surface area contributed by atoms with Gasteiger partial charge in [0.15, 0.2) is 5.82 Å². The summed E-state index contributed by atoms with van der Waals surface area (Å²) < 4.78 is 10.9. The maximum Gasteiger partial charge on any atom is 0.257 e. The minimum atomic E-state index is 0.335. The van der Waals surface area contributed by atoms with Gasteiger partial charge in [-0.15, -0.1) is 0 Å². The van der Waals surface area contributed by atoms with Crippen molar-refractivity contribution in [2.75, 3.05) is 13.2 Å². The van der Waals surface area contributed by atoms with E-state index in [1.807, 2.05) is 18.2 Å². The molecule has 23 heavy (non-hydrogen) atoms. The van der Waals surface area contributed by atoms with Crippen molar-refractivity contribution in [1.82, 2.24) is 10.1 Å². The molecule has 5 nitrogen and oxygen atoms in total. The molecule has 2 N–H and O–H groups in total. The summed E-state index contributed by atoms with van der Waals surface area (Å²) in [4.78, 5) is 4.60. The van der Waals surface area contributed by atoms with Crippen LogP contribution in [0, 0.1) is 0 Å². The van der Waals surface area contributed by atoms with Crippen molar-refractivity contribution in [3.8, 4) is 11.5 Å². The SMILES string of the molecule is NCc1cccc2ccc(-c3nc(C4CCOCC4)no3)cc12. The molecule has 1 fully saturated rings. The summed E-state index contributed by atoms with van der Waals surface area (Å²) in [6.45, 7) is 2.05. The molecule has 0 atom stereocenters. The van der Waals surface area contributed by atoms with Crippen molar-refractivity contribution in [3.05, 3.63) is 47.8 Å². The summed E-state index contributed by atoms with van der Waals surface area (Å²) in [5, 5.41) is 6.48. The Labute approximate surface area is 134 Å². The zero-order chi connectivity index (χ0) is 15.6. The summed E-state index contributed by atoms with van der Waals surface area (Å²) in [6, 6.07) is 12.3. The van der Waals surface area contributed by atoms with Gasteiger partial charge in [0, 0.05) is 31.2 Å². The highest BCUT2D eigenvalue weighted by Gasteiger charge is 2.21. The Balaban J connectivity index is 1.70. The number of nitrogens with zero attached hydrogens (tertiary/aromatic N) is 2. The fraction of sp³-hybridized carbons (Fsp3) is 0.333. The lowest BCUT2D eigenvalue weighted by Gasteiger charge is -2.18. The molecule has 0 bridgehead atoms. The highest BCUT2D eigenvalue weighted by Crippen LogP contribution is 2.29. The van der Waals surface area contributed by atoms with Gasteiger partial charge in [0.05, 0.1) is 0 Å². The second-order valence-corrected chi connectivity index (χ2v) is 5.90. The van der Waals surface area contributed by atoms with Crippen molar-refractivity contribution in [2.45, 2.75) is 25.3 Å². The van der Waals surface area contributed by atoms with E-state index < -0.39 is 0 Å². The van der Waals surface area contributed by atoms with Crippen molar-refractivity contribution < 1.29 is 9.26 Å². The number of benzene rings is 2. The molecule has 1 aromatic heterocycles. The second-order valence-electron chi connectivity index (χ2n) is 5.90. The first-order chi connectivity index (χ1) is 11.3. The fourth-order valence-corrected chi connectivity index (χ4v) is 3.12. The standard InChI is InChI=1S/C18H19N3O2/c19-11-15-3-1-2-12-4-5-14(10-16(12)15)18-20-17(21-23-18)13-6-8-22-9-7-13/h1-5,10,13H,6-9,11,19H2. The molecule has 1 saturated heterocycles. The van der Waals surface area contributed by atoms with Gasteiger partial charge in [-0.05, 0) is 41.3 Å². The van der Waals surface area contributed by atoms with Crippen molar-refractivity contribution in [1.29, 1.82) is 0 Å². The first-order valence-corrected chi connectivity index (χ1v) is 7.98. The van der Waals surface area contributed by atoms with Crippen LogP contribution in [0.4, 0.5) is 0 Å². The van der Waals surface area contributed by atoms with Gasteiger partial charge >= 0.3 is 0 Å². The third kappa shape index (κ3) is 2.73. The van der Waals surface area contributed by atoms with Crippen LogP contribution in [0.15, 0.2) is 40.9 Å². The van der Waals surface area contributed by atoms with E-state index in [9.17, 15) is 0 Å². The van der Waals surface area contributed by atoms with Gasteiger partial charge in [-0.2, -0.15) is 4.98 Å². The number of aromatic nitrogens is 2. The zero-order valence-electron chi connectivity index (χ0n) is 12.9. The van der Waals surface area contributed by atoms with E-state index in [2.05, 4.69) is 28.3 Å². The average Bonchev–Trinajstić information content (AvgIpc) is 3.11. The van der Waals surface area contributed by atoms with Crippen LogP contribution in [0.5, 0.6) is 0 Å². The van der Waals surface area contributed by atoms with Crippen LogP contribution >= 0.6 is 0 Å². The highest BCUT2D eigenvalue weighted by molar-refractivity contribution is 5.89. The van der Waals surface area contributed by atoms with Crippen LogP contribution in [0.2, 0.25) is 0 Å². The Morgan fingerprint density at radius 3 is 2.83 bits per heavy atom. The first kappa shape index (κ1) is 14.4. The molecule has 0 amide bonds. The van der Waals surface area contributed by atoms with Crippen LogP contribution in [0.3, 0.4) is 0 Å². The molecule has 0 saturated carbocycles. The van der Waals surface area contributed by atoms with Gasteiger partial charge in [-0.3, -0.25) is 0 Å². The van der Waals surface area contributed by atoms with Crippen LogP contribution in [-0.4, -0.2) is 23.4 Å². The molecule has 0 radical (unpaired) electrons. The van der Waals surface area contributed by atoms with E-state index >= 15 is 0 Å². The van der Waals surface area contributed by atoms with E-state index in [-0.39, 0.29) is 0 Å². The molecule has 118 valence electrons. The number of hydrogen-bond donors (Lipinski definition) is 1. The monoisotopic (exact) mass is 309 g/mol. The van der Waals surface area contributed by atoms with E-state index in [1.165, 1.54) is 5.39 Å². The van der Waals surface area contributed by atoms with Crippen LogP contribution in [0.25, 0.3) is 22.2 Å². The highest BCUT2D eigenvalue weighted by atomic mass is 16.5. The number of ether oxygens (including phenoxy) is 1. The second kappa shape index (κ2) is 6.10. The van der Waals surface area contributed by atoms with E-state index in [4.69, 9.17) is 15.0 Å². The third-order valence-corrected chi connectivity index (χ3v) is 4.47. The lowest BCUT2D eigenvalue weighted by atomic mass is 10.00. The minimum absolute atomic E-state index is 0.335. The van der Waals surface area contributed by atoms with E-state index in [0.29, 0.717) is 18.4 Å². The zero-order valence-corrected chi connectivity index (χ0v) is 12.9. The fourth-order valence-electron chi connectivity index (χ4n) is 3.12. The number of nitrogens with two attached hydrogens (primary N) is 1. The third-order valence-electron chi connectivity index (χ3n) is 4.47. The van der Waals surface area contributed by atoms with E-state index in [1.54, 1.807) is 0 Å². The van der Waals surface area contributed by atoms with Gasteiger partial charge < -0.3 is 15.0 Å². The van der Waals surface area contributed by atoms with Crippen LogP contribution < -0.4 is 5.73 Å². The molecule has 3 aromatic rings. The molecule has 0 unspecified atom stereocenters. The molecule has 1 aliphatic heterocycles. The predicted molar refractivity (Wildman–Crippen MR) is 87.9 cm³/mol. The molecule has 0 aliphatic carbocycles. The Bertz CT molecular complexity index is 822. The van der Waals surface area contributed by atoms with Gasteiger partial charge in [0.25, 0.3) is 5.89 Å². The number of fused-ring (bicyclic) bond motifs is 1. The van der Waals surface area contributed by atoms with Gasteiger partial charge in [0.1, 0.15) is 0 Å². The molecule has 5 heteroatoms. The lowest BCUT2D eigenvalue weighted by molar-refractivity contribution is 0.0830. The smallest absolute Gasteiger partial charge is 0.257 e. The van der Waals surface area contributed by atoms with Crippen molar-refractivity contribution in [3.63, 3.8) is 0 Å². The quantitative estimate of drug-likeness (QED) is 0.804. The summed E-state index contributed by atoms with van der Waals surface area (Å²) in [5.41, 5.74) is 7.90. The summed E-state index contributed by atoms with van der Waals surface area (Å²) in [6.07, 6.45) is 1.90. The van der Waals surface area contributed by atoms with Crippen molar-refractivity contribution in [2.24, 2.45) is 5.73 Å². The minimum Gasteiger partial charge on any atom is -0.381 e. The molecular weight excluding hydrogens is 290 g/mol. The molecule has 2 aromatic carbocycles. The first-order valence-electron chi connectivity index (χ1n) is 7.98. The lowest BCUT2D eigenvalue weighted by Crippen LogP contribution is -2.15. The topological polar surface area (TPSA) is 74.2 Å². The Morgan fingerprint density at radius 1 is 1.13 bits per heavy atom. The van der Waals surface area contributed by atoms with Crippen LogP contribution in [0.1, 0.15) is 30.1 Å². The van der Waals surface area contributed by atoms with Crippen molar-refractivity contribution >= 4 is 10.8 Å². The Hall–Kier alpha value is -2.24. The summed E-state index contributed by atoms with van der Waals surface area (Å²) >= 11 is 0. The average molecular weight is 309 g/mol. The van der Waals surface area contributed by atoms with Gasteiger partial charge in [0.2, 0.25) is 0 Å².